The van der Waals surface area contributed by atoms with E-state index < -0.39 is 6.55 Å². The Bertz CT molecular complexity index is 744. The maximum absolute atomic E-state index is 12.8. The molecule has 0 bridgehead atoms. The molecule has 6 nitrogen and oxygen atoms in total. The Balaban J connectivity index is 1.86. The summed E-state index contributed by atoms with van der Waals surface area (Å²) in [6.07, 6.45) is 2.46. The van der Waals surface area contributed by atoms with Gasteiger partial charge in [0, 0.05) is 37.8 Å². The Morgan fingerprint density at radius 2 is 1.92 bits per heavy atom. The van der Waals surface area contributed by atoms with Gasteiger partial charge in [-0.05, 0) is 31.2 Å². The Labute approximate surface area is 150 Å². The maximum Gasteiger partial charge on any atom is 0.319 e. The lowest BCUT2D eigenvalue weighted by molar-refractivity contribution is -0.130. The fourth-order valence-corrected chi connectivity index (χ4v) is 2.40. The Hall–Kier alpha value is -2.77. The van der Waals surface area contributed by atoms with E-state index in [0.29, 0.717) is 22.5 Å². The van der Waals surface area contributed by atoms with Crippen molar-refractivity contribution < 1.29 is 23.1 Å². The molecule has 140 valence electrons. The lowest BCUT2D eigenvalue weighted by Gasteiger charge is -2.17. The molecule has 0 saturated carbocycles. The third kappa shape index (κ3) is 5.11. The monoisotopic (exact) mass is 365 g/mol. The first-order valence-electron chi connectivity index (χ1n) is 8.22. The van der Waals surface area contributed by atoms with Gasteiger partial charge in [-0.25, -0.2) is 4.98 Å². The van der Waals surface area contributed by atoms with Crippen molar-refractivity contribution in [2.75, 3.05) is 13.7 Å². The normalized spacial score (nSPS) is 10.8. The molecule has 0 radical (unpaired) electrons. The van der Waals surface area contributed by atoms with Crippen molar-refractivity contribution >= 4 is 11.7 Å². The van der Waals surface area contributed by atoms with E-state index in [0.717, 1.165) is 6.20 Å². The number of carbonyl (C=O) groups is 2. The summed E-state index contributed by atoms with van der Waals surface area (Å²) < 4.78 is 31.6. The molecular weight excluding hydrogens is 344 g/mol. The molecule has 0 unspecified atom stereocenters. The minimum atomic E-state index is -2.71. The molecule has 0 saturated heterocycles. The van der Waals surface area contributed by atoms with Crippen molar-refractivity contribution in [3.05, 3.63) is 48.0 Å². The Kier molecular flexibility index (Phi) is 6.82. The molecule has 0 aliphatic rings. The van der Waals surface area contributed by atoms with Gasteiger partial charge in [0.05, 0.1) is 13.2 Å². The highest BCUT2D eigenvalue weighted by Crippen LogP contribution is 2.16. The standard InChI is InChI=1S/C18H21F2N3O3/c1-3-26-14-6-4-13(5-7-14)15(24)8-9-17(25)22(2)12-16-21-10-11-23(16)18(19)20/h4-7,10-11,18H,3,8-9,12H2,1-2H3. The number of amides is 1. The number of ketones is 1. The van der Waals surface area contributed by atoms with Gasteiger partial charge >= 0.3 is 6.55 Å². The number of Topliss-reactive ketones (excluding diaryl/α,β-unsaturated/α-hetero) is 1. The molecule has 1 amide bonds. The van der Waals surface area contributed by atoms with Gasteiger partial charge in [-0.1, -0.05) is 0 Å². The van der Waals surface area contributed by atoms with Gasteiger partial charge in [-0.15, -0.1) is 0 Å². The average molecular weight is 365 g/mol. The second-order valence-electron chi connectivity index (χ2n) is 5.66. The number of rotatable bonds is 9. The van der Waals surface area contributed by atoms with Gasteiger partial charge in [0.1, 0.15) is 11.6 Å². The van der Waals surface area contributed by atoms with E-state index in [1.165, 1.54) is 18.1 Å². The fraction of sp³-hybridized carbons (Fsp3) is 0.389. The number of ether oxygens (including phenoxy) is 1. The van der Waals surface area contributed by atoms with E-state index >= 15 is 0 Å². The Morgan fingerprint density at radius 3 is 2.54 bits per heavy atom. The smallest absolute Gasteiger partial charge is 0.319 e. The zero-order valence-corrected chi connectivity index (χ0v) is 14.7. The van der Waals surface area contributed by atoms with Crippen molar-refractivity contribution in [3.8, 4) is 5.75 Å². The highest BCUT2D eigenvalue weighted by atomic mass is 19.3. The van der Waals surface area contributed by atoms with E-state index in [9.17, 15) is 18.4 Å². The summed E-state index contributed by atoms with van der Waals surface area (Å²) >= 11 is 0. The molecule has 8 heteroatoms. The predicted octanol–water partition coefficient (Wildman–Crippen LogP) is 3.30. The SMILES string of the molecule is CCOc1ccc(C(=O)CCC(=O)N(C)Cc2nccn2C(F)F)cc1. The van der Waals surface area contributed by atoms with Gasteiger partial charge < -0.3 is 9.64 Å². The van der Waals surface area contributed by atoms with E-state index in [1.807, 2.05) is 6.92 Å². The second kappa shape index (κ2) is 9.07. The molecule has 0 N–H and O–H groups in total. The molecule has 0 spiro atoms. The summed E-state index contributed by atoms with van der Waals surface area (Å²) in [6.45, 7) is -0.350. The van der Waals surface area contributed by atoms with E-state index in [4.69, 9.17) is 4.74 Å². The van der Waals surface area contributed by atoms with E-state index in [2.05, 4.69) is 4.98 Å². The van der Waals surface area contributed by atoms with E-state index in [1.54, 1.807) is 24.3 Å². The number of hydrogen-bond donors (Lipinski definition) is 0. The number of halogens is 2. The molecule has 1 aromatic carbocycles. The first kappa shape index (κ1) is 19.6. The molecule has 0 fully saturated rings. The van der Waals surface area contributed by atoms with Gasteiger partial charge in [0.15, 0.2) is 5.78 Å². The average Bonchev–Trinajstić information content (AvgIpc) is 3.08. The lowest BCUT2D eigenvalue weighted by Crippen LogP contribution is -2.28. The molecule has 1 aromatic heterocycles. The molecule has 2 aromatic rings. The molecule has 1 heterocycles. The molecule has 0 aliphatic carbocycles. The van der Waals surface area contributed by atoms with Gasteiger partial charge in [-0.3, -0.25) is 14.2 Å². The number of aromatic nitrogens is 2. The van der Waals surface area contributed by atoms with Crippen LogP contribution in [0.2, 0.25) is 0 Å². The van der Waals surface area contributed by atoms with Crippen LogP contribution in [0.4, 0.5) is 8.78 Å². The molecule has 2 rings (SSSR count). The van der Waals surface area contributed by atoms with Crippen LogP contribution in [0.1, 0.15) is 42.5 Å². The van der Waals surface area contributed by atoms with Gasteiger partial charge in [0.25, 0.3) is 0 Å². The van der Waals surface area contributed by atoms with E-state index in [-0.39, 0.29) is 36.9 Å². The summed E-state index contributed by atoms with van der Waals surface area (Å²) in [6, 6.07) is 6.71. The summed E-state index contributed by atoms with van der Waals surface area (Å²) in [5.74, 6) is 0.292. The van der Waals surface area contributed by atoms with Crippen molar-refractivity contribution in [1.82, 2.24) is 14.5 Å². The van der Waals surface area contributed by atoms with Crippen LogP contribution < -0.4 is 4.74 Å². The van der Waals surface area contributed by atoms with Crippen LogP contribution in [0, 0.1) is 0 Å². The largest absolute Gasteiger partial charge is 0.494 e. The minimum Gasteiger partial charge on any atom is -0.494 e. The zero-order valence-electron chi connectivity index (χ0n) is 14.7. The van der Waals surface area contributed by atoms with Crippen molar-refractivity contribution in [3.63, 3.8) is 0 Å². The van der Waals surface area contributed by atoms with Crippen LogP contribution in [0.3, 0.4) is 0 Å². The summed E-state index contributed by atoms with van der Waals surface area (Å²) in [5, 5.41) is 0. The highest BCUT2D eigenvalue weighted by Gasteiger charge is 2.17. The number of alkyl halides is 2. The fourth-order valence-electron chi connectivity index (χ4n) is 2.40. The van der Waals surface area contributed by atoms with Crippen LogP contribution in [-0.4, -0.2) is 39.8 Å². The number of nitrogens with zero attached hydrogens (tertiary/aromatic N) is 3. The van der Waals surface area contributed by atoms with Crippen LogP contribution in [0.25, 0.3) is 0 Å². The maximum atomic E-state index is 12.8. The Morgan fingerprint density at radius 1 is 1.23 bits per heavy atom. The number of carbonyl (C=O) groups excluding carboxylic acids is 2. The number of hydrogen-bond acceptors (Lipinski definition) is 4. The predicted molar refractivity (Wildman–Crippen MR) is 91.1 cm³/mol. The summed E-state index contributed by atoms with van der Waals surface area (Å²) in [7, 11) is 1.49. The minimum absolute atomic E-state index is 0.00205. The third-order valence-electron chi connectivity index (χ3n) is 3.82. The summed E-state index contributed by atoms with van der Waals surface area (Å²) in [5.41, 5.74) is 0.497. The third-order valence-corrected chi connectivity index (χ3v) is 3.82. The quantitative estimate of drug-likeness (QED) is 0.640. The van der Waals surface area contributed by atoms with Crippen LogP contribution in [0.15, 0.2) is 36.7 Å². The topological polar surface area (TPSA) is 64.4 Å². The van der Waals surface area contributed by atoms with Crippen molar-refractivity contribution in [1.29, 1.82) is 0 Å². The highest BCUT2D eigenvalue weighted by molar-refractivity contribution is 5.98. The zero-order chi connectivity index (χ0) is 19.1. The summed E-state index contributed by atoms with van der Waals surface area (Å²) in [4.78, 5) is 29.4. The van der Waals surface area contributed by atoms with Crippen molar-refractivity contribution in [2.24, 2.45) is 0 Å². The molecule has 0 aliphatic heterocycles. The molecular formula is C18H21F2N3O3. The number of imidazole rings is 1. The van der Waals surface area contributed by atoms with Crippen LogP contribution in [0.5, 0.6) is 5.75 Å². The molecule has 26 heavy (non-hydrogen) atoms. The first-order valence-corrected chi connectivity index (χ1v) is 8.22. The number of benzene rings is 1. The lowest BCUT2D eigenvalue weighted by atomic mass is 10.1. The van der Waals surface area contributed by atoms with Crippen LogP contribution in [-0.2, 0) is 11.3 Å². The molecule has 0 atom stereocenters. The first-order chi connectivity index (χ1) is 12.4. The van der Waals surface area contributed by atoms with Gasteiger partial charge in [-0.2, -0.15) is 8.78 Å². The second-order valence-corrected chi connectivity index (χ2v) is 5.66. The van der Waals surface area contributed by atoms with Crippen molar-refractivity contribution in [2.45, 2.75) is 32.9 Å². The van der Waals surface area contributed by atoms with Gasteiger partial charge in [0.2, 0.25) is 5.91 Å². The van der Waals surface area contributed by atoms with Crippen LogP contribution >= 0.6 is 0 Å².